The second-order valence-corrected chi connectivity index (χ2v) is 8.59. The van der Waals surface area contributed by atoms with E-state index in [1.165, 1.54) is 11.3 Å². The van der Waals surface area contributed by atoms with E-state index in [4.69, 9.17) is 18.6 Å². The average Bonchev–Trinajstić information content (AvgIpc) is 3.49. The summed E-state index contributed by atoms with van der Waals surface area (Å²) >= 11 is 1.45. The first kappa shape index (κ1) is 22.3. The average molecular weight is 458 g/mol. The number of hydrogen-bond donors (Lipinski definition) is 1. The quantitative estimate of drug-likeness (QED) is 0.554. The van der Waals surface area contributed by atoms with Gasteiger partial charge in [-0.2, -0.15) is 0 Å². The number of nitrogens with one attached hydrogen (secondary N) is 1. The van der Waals surface area contributed by atoms with Gasteiger partial charge >= 0.3 is 0 Å². The minimum atomic E-state index is -0.199. The highest BCUT2D eigenvalue weighted by Gasteiger charge is 2.26. The van der Waals surface area contributed by atoms with Crippen LogP contribution in [-0.2, 0) is 4.74 Å². The lowest BCUT2D eigenvalue weighted by molar-refractivity contribution is 0.0161. The fraction of sp³-hybridized carbons (Fsp3) is 0.391. The summed E-state index contributed by atoms with van der Waals surface area (Å²) in [4.78, 5) is 20.7. The van der Waals surface area contributed by atoms with Crippen LogP contribution in [0.15, 0.2) is 41.0 Å². The molecular weight excluding hydrogens is 430 g/mol. The number of carbonyl (C=O) groups excluding carboxylic acids is 1. The number of morpholine rings is 1. The van der Waals surface area contributed by atoms with Gasteiger partial charge in [0.15, 0.2) is 22.3 Å². The Hall–Kier alpha value is -2.88. The third-order valence-electron chi connectivity index (χ3n) is 5.48. The Morgan fingerprint density at radius 1 is 1.22 bits per heavy atom. The van der Waals surface area contributed by atoms with Crippen LogP contribution in [0.3, 0.4) is 0 Å². The van der Waals surface area contributed by atoms with E-state index in [2.05, 4.69) is 15.2 Å². The van der Waals surface area contributed by atoms with Gasteiger partial charge in [0.2, 0.25) is 0 Å². The molecule has 1 aliphatic rings. The molecule has 0 saturated carbocycles. The largest absolute Gasteiger partial charge is 0.493 e. The van der Waals surface area contributed by atoms with E-state index in [1.54, 1.807) is 20.5 Å². The van der Waals surface area contributed by atoms with Gasteiger partial charge in [-0.15, -0.1) is 11.3 Å². The van der Waals surface area contributed by atoms with Gasteiger partial charge in [0.25, 0.3) is 5.91 Å². The molecule has 9 heteroatoms. The summed E-state index contributed by atoms with van der Waals surface area (Å²) in [7, 11) is 3.24. The maximum atomic E-state index is 13.0. The molecule has 8 nitrogen and oxygen atoms in total. The number of aromatic nitrogens is 1. The molecule has 1 aromatic carbocycles. The number of carbonyl (C=O) groups is 1. The smallest absolute Gasteiger partial charge is 0.271 e. The van der Waals surface area contributed by atoms with Gasteiger partial charge < -0.3 is 23.9 Å². The number of furan rings is 1. The van der Waals surface area contributed by atoms with Gasteiger partial charge in [-0.1, -0.05) is 6.07 Å². The van der Waals surface area contributed by atoms with E-state index >= 15 is 0 Å². The zero-order valence-electron chi connectivity index (χ0n) is 18.4. The highest BCUT2D eigenvalue weighted by molar-refractivity contribution is 7.15. The highest BCUT2D eigenvalue weighted by atomic mass is 32.1. The van der Waals surface area contributed by atoms with E-state index in [9.17, 15) is 4.79 Å². The van der Waals surface area contributed by atoms with Crippen LogP contribution in [0.4, 0.5) is 0 Å². The van der Waals surface area contributed by atoms with Crippen molar-refractivity contribution in [3.8, 4) is 22.3 Å². The number of benzene rings is 1. The summed E-state index contributed by atoms with van der Waals surface area (Å²) in [5, 5.41) is 3.78. The highest BCUT2D eigenvalue weighted by Crippen LogP contribution is 2.32. The molecule has 1 N–H and O–H groups in total. The lowest BCUT2D eigenvalue weighted by Crippen LogP contribution is -2.44. The molecule has 1 aliphatic heterocycles. The lowest BCUT2D eigenvalue weighted by Gasteiger charge is -2.35. The zero-order chi connectivity index (χ0) is 22.5. The molecular formula is C23H27N3O5S. The molecule has 0 spiro atoms. The second kappa shape index (κ2) is 10.2. The van der Waals surface area contributed by atoms with Crippen LogP contribution >= 0.6 is 11.3 Å². The van der Waals surface area contributed by atoms with Crippen LogP contribution in [0.25, 0.3) is 10.8 Å². The number of amides is 1. The summed E-state index contributed by atoms with van der Waals surface area (Å²) in [5.74, 6) is 1.79. The molecule has 0 radical (unpaired) electrons. The maximum absolute atomic E-state index is 13.0. The van der Waals surface area contributed by atoms with Crippen molar-refractivity contribution in [2.75, 3.05) is 47.1 Å². The first-order chi connectivity index (χ1) is 15.6. The summed E-state index contributed by atoms with van der Waals surface area (Å²) < 4.78 is 21.8. The number of nitrogens with zero attached hydrogens (tertiary/aromatic N) is 2. The molecule has 1 atom stereocenters. The van der Waals surface area contributed by atoms with Crippen molar-refractivity contribution in [3.63, 3.8) is 0 Å². The first-order valence-electron chi connectivity index (χ1n) is 10.4. The van der Waals surface area contributed by atoms with Crippen molar-refractivity contribution in [1.29, 1.82) is 0 Å². The number of methoxy groups -OCH3 is 2. The maximum Gasteiger partial charge on any atom is 0.271 e. The molecule has 32 heavy (non-hydrogen) atoms. The molecule has 2 aromatic heterocycles. The molecule has 1 fully saturated rings. The van der Waals surface area contributed by atoms with Gasteiger partial charge in [0.05, 0.1) is 39.7 Å². The Kier molecular flexibility index (Phi) is 7.09. The Bertz CT molecular complexity index is 1040. The second-order valence-electron chi connectivity index (χ2n) is 7.39. The fourth-order valence-electron chi connectivity index (χ4n) is 3.79. The van der Waals surface area contributed by atoms with E-state index in [0.29, 0.717) is 47.7 Å². The topological polar surface area (TPSA) is 86.1 Å². The van der Waals surface area contributed by atoms with E-state index < -0.39 is 0 Å². The minimum Gasteiger partial charge on any atom is -0.493 e. The number of rotatable bonds is 8. The molecule has 3 heterocycles. The monoisotopic (exact) mass is 457 g/mol. The number of hydrogen-bond acceptors (Lipinski definition) is 8. The third-order valence-corrected chi connectivity index (χ3v) is 6.46. The van der Waals surface area contributed by atoms with Crippen LogP contribution in [0, 0.1) is 6.92 Å². The van der Waals surface area contributed by atoms with Crippen LogP contribution in [0.1, 0.15) is 27.0 Å². The molecule has 4 rings (SSSR count). The molecule has 1 amide bonds. The molecule has 0 aliphatic carbocycles. The van der Waals surface area contributed by atoms with Crippen LogP contribution in [0.5, 0.6) is 11.5 Å². The Morgan fingerprint density at radius 2 is 2.00 bits per heavy atom. The molecule has 0 bridgehead atoms. The molecule has 1 unspecified atom stereocenters. The first-order valence-corrected chi connectivity index (χ1v) is 11.3. The molecule has 1 saturated heterocycles. The van der Waals surface area contributed by atoms with Gasteiger partial charge in [-0.3, -0.25) is 9.69 Å². The Morgan fingerprint density at radius 3 is 2.69 bits per heavy atom. The van der Waals surface area contributed by atoms with E-state index in [1.807, 2.05) is 37.3 Å². The standard InChI is InChI=1S/C23H27N3O5S/c1-15-21(25-23(32-15)19-5-4-10-31-19)22(27)24-14-17(26-8-11-30-12-9-26)16-6-7-18(28-2)20(13-16)29-3/h4-7,10,13,17H,8-9,11-12,14H2,1-3H3,(H,24,27). The minimum absolute atomic E-state index is 0.0360. The number of ether oxygens (including phenoxy) is 3. The van der Waals surface area contributed by atoms with Gasteiger partial charge in [0, 0.05) is 24.5 Å². The van der Waals surface area contributed by atoms with Crippen LogP contribution < -0.4 is 14.8 Å². The third kappa shape index (κ3) is 4.79. The van der Waals surface area contributed by atoms with Gasteiger partial charge in [-0.25, -0.2) is 4.98 Å². The predicted octanol–water partition coefficient (Wildman–Crippen LogP) is 3.53. The summed E-state index contributed by atoms with van der Waals surface area (Å²) in [6, 6.07) is 9.48. The summed E-state index contributed by atoms with van der Waals surface area (Å²) in [6.45, 7) is 5.22. The molecule has 3 aromatic rings. The Balaban J connectivity index is 1.53. The zero-order valence-corrected chi connectivity index (χ0v) is 19.2. The van der Waals surface area contributed by atoms with Gasteiger partial charge in [-0.05, 0) is 36.8 Å². The van der Waals surface area contributed by atoms with E-state index in [-0.39, 0.29) is 11.9 Å². The van der Waals surface area contributed by atoms with Crippen molar-refractivity contribution in [3.05, 3.63) is 52.7 Å². The van der Waals surface area contributed by atoms with Crippen LogP contribution in [-0.4, -0.2) is 62.9 Å². The number of aryl methyl sites for hydroxylation is 1. The Labute approximate surface area is 191 Å². The normalized spacial score (nSPS) is 15.3. The van der Waals surface area contributed by atoms with Crippen molar-refractivity contribution in [1.82, 2.24) is 15.2 Å². The molecule has 170 valence electrons. The summed E-state index contributed by atoms with van der Waals surface area (Å²) in [5.41, 5.74) is 1.46. The van der Waals surface area contributed by atoms with Crippen molar-refractivity contribution in [2.24, 2.45) is 0 Å². The lowest BCUT2D eigenvalue weighted by atomic mass is 10.0. The predicted molar refractivity (Wildman–Crippen MR) is 122 cm³/mol. The SMILES string of the molecule is COc1ccc(C(CNC(=O)c2nc(-c3ccco3)sc2C)N2CCOCC2)cc1OC. The fourth-order valence-corrected chi connectivity index (χ4v) is 4.67. The van der Waals surface area contributed by atoms with Crippen LogP contribution in [0.2, 0.25) is 0 Å². The number of thiazole rings is 1. The van der Waals surface area contributed by atoms with Crippen molar-refractivity contribution >= 4 is 17.2 Å². The van der Waals surface area contributed by atoms with Crippen molar-refractivity contribution in [2.45, 2.75) is 13.0 Å². The van der Waals surface area contributed by atoms with Crippen molar-refractivity contribution < 1.29 is 23.4 Å². The van der Waals surface area contributed by atoms with Gasteiger partial charge in [0.1, 0.15) is 5.69 Å². The van der Waals surface area contributed by atoms with E-state index in [0.717, 1.165) is 23.5 Å². The summed E-state index contributed by atoms with van der Waals surface area (Å²) in [6.07, 6.45) is 1.60.